The Morgan fingerprint density at radius 3 is 2.33 bits per heavy atom. The first-order valence-corrected chi connectivity index (χ1v) is 5.44. The normalized spacial score (nSPS) is 25.5. The third-order valence-electron chi connectivity index (χ3n) is 3.02. The monoisotopic (exact) mass is 208 g/mol. The molecule has 2 fully saturated rings. The summed E-state index contributed by atoms with van der Waals surface area (Å²) in [5.74, 6) is -0.228. The lowest BCUT2D eigenvalue weighted by atomic mass is 10.1. The van der Waals surface area contributed by atoms with Crippen molar-refractivity contribution in [2.75, 3.05) is 20.1 Å². The topological polar surface area (TPSA) is 40.6 Å². The molecular weight excluding hydrogens is 192 g/mol. The van der Waals surface area contributed by atoms with Gasteiger partial charge in [0.25, 0.3) is 5.91 Å². The molecule has 4 heteroatoms. The van der Waals surface area contributed by atoms with E-state index in [4.69, 9.17) is 0 Å². The predicted octanol–water partition coefficient (Wildman–Crippen LogP) is 0.745. The second kappa shape index (κ2) is 4.04. The molecule has 4 nitrogen and oxygen atoms in total. The third kappa shape index (κ3) is 2.03. The van der Waals surface area contributed by atoms with Crippen LogP contribution in [0, 0.1) is 0 Å². The van der Waals surface area contributed by atoms with Crippen LogP contribution in [0.1, 0.15) is 25.7 Å². The molecule has 2 aliphatic rings. The number of hydrogen-bond donors (Lipinski definition) is 0. The van der Waals surface area contributed by atoms with Crippen LogP contribution >= 0.6 is 0 Å². The van der Waals surface area contributed by atoms with Gasteiger partial charge in [0.15, 0.2) is 0 Å². The van der Waals surface area contributed by atoms with Crippen molar-refractivity contribution in [3.63, 3.8) is 0 Å². The van der Waals surface area contributed by atoms with Crippen LogP contribution in [0.5, 0.6) is 0 Å². The molecule has 0 unspecified atom stereocenters. The van der Waals surface area contributed by atoms with Crippen molar-refractivity contribution in [3.05, 3.63) is 11.8 Å². The Hall–Kier alpha value is -1.32. The quantitative estimate of drug-likeness (QED) is 0.471. The highest BCUT2D eigenvalue weighted by Gasteiger charge is 2.31. The van der Waals surface area contributed by atoms with Crippen LogP contribution in [0.3, 0.4) is 0 Å². The Labute approximate surface area is 89.5 Å². The number of likely N-dealkylation sites (tertiary alicyclic amines) is 2. The zero-order valence-corrected chi connectivity index (χ0v) is 9.03. The lowest BCUT2D eigenvalue weighted by Gasteiger charge is -2.25. The van der Waals surface area contributed by atoms with Gasteiger partial charge in [0.1, 0.15) is 0 Å². The molecule has 82 valence electrons. The number of piperidine rings is 1. The van der Waals surface area contributed by atoms with Gasteiger partial charge in [0, 0.05) is 31.9 Å². The first-order valence-electron chi connectivity index (χ1n) is 5.44. The average Bonchev–Trinajstić information content (AvgIpc) is 2.48. The van der Waals surface area contributed by atoms with Crippen molar-refractivity contribution in [3.8, 4) is 0 Å². The molecule has 0 aliphatic carbocycles. The molecule has 0 atom stereocenters. The van der Waals surface area contributed by atoms with Crippen molar-refractivity contribution < 1.29 is 9.59 Å². The minimum Gasteiger partial charge on any atom is -0.377 e. The summed E-state index contributed by atoms with van der Waals surface area (Å²) in [6.45, 7) is 2.02. The first kappa shape index (κ1) is 10.2. The van der Waals surface area contributed by atoms with E-state index in [1.807, 2.05) is 6.20 Å². The van der Waals surface area contributed by atoms with Gasteiger partial charge in [-0.15, -0.1) is 0 Å². The fraction of sp³-hybridized carbons (Fsp3) is 0.636. The standard InChI is InChI=1S/C11H16N2O2/c1-12-10(14)7-9(11(12)15)8-13-5-3-2-4-6-13/h8H,2-7H2,1H3. The number of carbonyl (C=O) groups is 2. The summed E-state index contributed by atoms with van der Waals surface area (Å²) in [5.41, 5.74) is 0.643. The zero-order chi connectivity index (χ0) is 10.8. The van der Waals surface area contributed by atoms with E-state index in [2.05, 4.69) is 4.90 Å². The number of likely N-dealkylation sites (N-methyl/N-ethyl adjacent to an activating group) is 1. The smallest absolute Gasteiger partial charge is 0.258 e. The second-order valence-electron chi connectivity index (χ2n) is 4.19. The van der Waals surface area contributed by atoms with Gasteiger partial charge < -0.3 is 4.90 Å². The van der Waals surface area contributed by atoms with Crippen molar-refractivity contribution in [1.29, 1.82) is 0 Å². The van der Waals surface area contributed by atoms with Gasteiger partial charge in [-0.2, -0.15) is 0 Å². The summed E-state index contributed by atoms with van der Waals surface area (Å²) in [4.78, 5) is 26.2. The Balaban J connectivity index is 2.07. The maximum atomic E-state index is 11.6. The number of rotatable bonds is 1. The van der Waals surface area contributed by atoms with E-state index in [1.165, 1.54) is 24.2 Å². The van der Waals surface area contributed by atoms with E-state index in [0.717, 1.165) is 13.1 Å². The number of nitrogens with zero attached hydrogens (tertiary/aromatic N) is 2. The van der Waals surface area contributed by atoms with Crippen molar-refractivity contribution in [2.45, 2.75) is 25.7 Å². The van der Waals surface area contributed by atoms with Crippen molar-refractivity contribution in [2.24, 2.45) is 0 Å². The predicted molar refractivity (Wildman–Crippen MR) is 55.9 cm³/mol. The summed E-state index contributed by atoms with van der Waals surface area (Å²) >= 11 is 0. The van der Waals surface area contributed by atoms with E-state index in [9.17, 15) is 9.59 Å². The molecule has 2 amide bonds. The second-order valence-corrected chi connectivity index (χ2v) is 4.19. The van der Waals surface area contributed by atoms with Gasteiger partial charge in [0.2, 0.25) is 5.91 Å². The summed E-state index contributed by atoms with van der Waals surface area (Å²) < 4.78 is 0. The molecule has 0 aromatic rings. The molecule has 0 aromatic carbocycles. The van der Waals surface area contributed by atoms with Crippen LogP contribution in [0.25, 0.3) is 0 Å². The molecular formula is C11H16N2O2. The molecule has 0 radical (unpaired) electrons. The highest BCUT2D eigenvalue weighted by atomic mass is 16.2. The van der Waals surface area contributed by atoms with Gasteiger partial charge in [-0.1, -0.05) is 0 Å². The molecule has 2 aliphatic heterocycles. The van der Waals surface area contributed by atoms with Crippen LogP contribution in [0.4, 0.5) is 0 Å². The number of imide groups is 1. The van der Waals surface area contributed by atoms with Crippen LogP contribution in [-0.2, 0) is 9.59 Å². The van der Waals surface area contributed by atoms with Crippen LogP contribution in [0.15, 0.2) is 11.8 Å². The Morgan fingerprint density at radius 2 is 1.80 bits per heavy atom. The lowest BCUT2D eigenvalue weighted by molar-refractivity contribution is -0.135. The highest BCUT2D eigenvalue weighted by Crippen LogP contribution is 2.19. The Bertz CT molecular complexity index is 317. The lowest BCUT2D eigenvalue weighted by Crippen LogP contribution is -2.27. The highest BCUT2D eigenvalue weighted by molar-refractivity contribution is 6.12. The Kier molecular flexibility index (Phi) is 2.75. The van der Waals surface area contributed by atoms with Gasteiger partial charge in [0.05, 0.1) is 6.42 Å². The van der Waals surface area contributed by atoms with Crippen molar-refractivity contribution in [1.82, 2.24) is 9.80 Å². The average molecular weight is 208 g/mol. The first-order chi connectivity index (χ1) is 7.18. The van der Waals surface area contributed by atoms with E-state index in [-0.39, 0.29) is 18.2 Å². The van der Waals surface area contributed by atoms with E-state index >= 15 is 0 Å². The minimum absolute atomic E-state index is 0.0942. The molecule has 0 aromatic heterocycles. The fourth-order valence-corrected chi connectivity index (χ4v) is 2.05. The largest absolute Gasteiger partial charge is 0.377 e. The van der Waals surface area contributed by atoms with E-state index in [0.29, 0.717) is 5.57 Å². The minimum atomic E-state index is -0.134. The molecule has 2 rings (SSSR count). The van der Waals surface area contributed by atoms with Crippen molar-refractivity contribution >= 4 is 11.8 Å². The fourth-order valence-electron chi connectivity index (χ4n) is 2.05. The number of carbonyl (C=O) groups excluding carboxylic acids is 2. The summed E-state index contributed by atoms with van der Waals surface area (Å²) in [6, 6.07) is 0. The SMILES string of the molecule is CN1C(=O)CC(=CN2CCCCC2)C1=O. The number of hydrogen-bond acceptors (Lipinski definition) is 3. The maximum absolute atomic E-state index is 11.6. The van der Waals surface area contributed by atoms with Gasteiger partial charge >= 0.3 is 0 Å². The van der Waals surface area contributed by atoms with Crippen LogP contribution in [-0.4, -0.2) is 41.8 Å². The van der Waals surface area contributed by atoms with E-state index in [1.54, 1.807) is 7.05 Å². The molecule has 0 N–H and O–H groups in total. The molecule has 2 saturated heterocycles. The summed E-state index contributed by atoms with van der Waals surface area (Å²) in [5, 5.41) is 0. The van der Waals surface area contributed by atoms with Gasteiger partial charge in [-0.3, -0.25) is 14.5 Å². The number of amides is 2. The van der Waals surface area contributed by atoms with E-state index < -0.39 is 0 Å². The third-order valence-corrected chi connectivity index (χ3v) is 3.02. The molecule has 0 spiro atoms. The molecule has 2 heterocycles. The molecule has 0 saturated carbocycles. The molecule has 0 bridgehead atoms. The molecule has 15 heavy (non-hydrogen) atoms. The Morgan fingerprint density at radius 1 is 1.13 bits per heavy atom. The van der Waals surface area contributed by atoms with Crippen LogP contribution in [0.2, 0.25) is 0 Å². The summed E-state index contributed by atoms with van der Waals surface area (Å²) in [6.07, 6.45) is 5.78. The van der Waals surface area contributed by atoms with Gasteiger partial charge in [-0.25, -0.2) is 0 Å². The summed E-state index contributed by atoms with van der Waals surface area (Å²) in [7, 11) is 1.54. The van der Waals surface area contributed by atoms with Crippen LogP contribution < -0.4 is 0 Å². The maximum Gasteiger partial charge on any atom is 0.258 e. The zero-order valence-electron chi connectivity index (χ0n) is 9.03. The van der Waals surface area contributed by atoms with Gasteiger partial charge in [-0.05, 0) is 19.3 Å².